The van der Waals surface area contributed by atoms with E-state index in [9.17, 15) is 12.6 Å². The van der Waals surface area contributed by atoms with E-state index in [4.69, 9.17) is 11.6 Å². The fraction of sp³-hybridized carbons (Fsp3) is 0.200. The average Bonchev–Trinajstić information content (AvgIpc) is 2.16. The quantitative estimate of drug-likeness (QED) is 0.849. The van der Waals surface area contributed by atoms with Crippen LogP contribution in [0.4, 0.5) is 0 Å². The van der Waals surface area contributed by atoms with Crippen molar-refractivity contribution < 1.29 is 12.6 Å². The minimum Gasteiger partial charge on any atom is -0.254 e. The van der Waals surface area contributed by atoms with Gasteiger partial charge in [0.25, 0.3) is 0 Å². The Morgan fingerprint density at radius 1 is 1.25 bits per heavy atom. The van der Waals surface area contributed by atoms with Crippen LogP contribution in [-0.2, 0) is 20.6 Å². The summed E-state index contributed by atoms with van der Waals surface area (Å²) in [5.74, 6) is 0. The van der Waals surface area contributed by atoms with Crippen molar-refractivity contribution in [3.05, 3.63) is 40.1 Å². The summed E-state index contributed by atoms with van der Waals surface area (Å²) in [7, 11) is -5.21. The van der Waals surface area contributed by atoms with Gasteiger partial charge < -0.3 is 0 Å². The molecule has 0 aliphatic rings. The normalized spacial score (nSPS) is 15.4. The van der Waals surface area contributed by atoms with Crippen LogP contribution in [0.3, 0.4) is 0 Å². The number of rotatable bonds is 3. The smallest absolute Gasteiger partial charge is 0.185 e. The molecule has 0 fully saturated rings. The molecule has 1 aromatic carbocycles. The Labute approximate surface area is 103 Å². The molecular formula is C10H11ClO3S2. The van der Waals surface area contributed by atoms with E-state index in [-0.39, 0.29) is 9.27 Å². The fourth-order valence-electron chi connectivity index (χ4n) is 1.20. The van der Waals surface area contributed by atoms with Crippen molar-refractivity contribution in [1.29, 1.82) is 0 Å². The number of hydrogen-bond donors (Lipinski definition) is 0. The molecule has 88 valence electrons. The Morgan fingerprint density at radius 2 is 1.75 bits per heavy atom. The molecule has 1 aromatic rings. The molecule has 16 heavy (non-hydrogen) atoms. The maximum absolute atomic E-state index is 11.5. The Hall–Kier alpha value is -0.650. The molecule has 1 atom stereocenters. The minimum absolute atomic E-state index is 0.0175. The summed E-state index contributed by atoms with van der Waals surface area (Å²) >= 11 is 5.96. The van der Waals surface area contributed by atoms with Crippen LogP contribution in [0.2, 0.25) is 0 Å². The highest BCUT2D eigenvalue weighted by Crippen LogP contribution is 2.27. The molecule has 1 rings (SSSR count). The summed E-state index contributed by atoms with van der Waals surface area (Å²) in [6, 6.07) is 8.59. The summed E-state index contributed by atoms with van der Waals surface area (Å²) in [5.41, 5.74) is 0.541. The molecule has 3 nitrogen and oxygen atoms in total. The Balaban J connectivity index is 3.47. The van der Waals surface area contributed by atoms with Gasteiger partial charge in [0.15, 0.2) is 9.84 Å². The maximum Gasteiger partial charge on any atom is 0.185 e. The highest BCUT2D eigenvalue weighted by molar-refractivity contribution is 8.11. The number of benzene rings is 1. The van der Waals surface area contributed by atoms with Gasteiger partial charge in [-0.05, 0) is 5.56 Å². The Bertz CT molecular complexity index is 532. The van der Waals surface area contributed by atoms with E-state index < -0.39 is 20.6 Å². The van der Waals surface area contributed by atoms with E-state index in [1.165, 1.54) is 6.26 Å². The molecule has 0 aromatic heterocycles. The first-order valence-electron chi connectivity index (χ1n) is 4.32. The van der Waals surface area contributed by atoms with Gasteiger partial charge in [0.05, 0.1) is 15.8 Å². The number of hydrogen-bond acceptors (Lipinski definition) is 3. The lowest BCUT2D eigenvalue weighted by Gasteiger charge is -2.06. The van der Waals surface area contributed by atoms with Gasteiger partial charge in [-0.3, -0.25) is 4.21 Å². The van der Waals surface area contributed by atoms with Crippen molar-refractivity contribution in [3.63, 3.8) is 0 Å². The Morgan fingerprint density at radius 3 is 2.12 bits per heavy atom. The van der Waals surface area contributed by atoms with Crippen LogP contribution < -0.4 is 0 Å². The van der Waals surface area contributed by atoms with E-state index in [1.807, 2.05) is 0 Å². The van der Waals surface area contributed by atoms with Gasteiger partial charge in [-0.1, -0.05) is 41.9 Å². The van der Waals surface area contributed by atoms with Gasteiger partial charge in [-0.15, -0.1) is 0 Å². The van der Waals surface area contributed by atoms with E-state index in [1.54, 1.807) is 30.3 Å². The molecule has 0 saturated heterocycles. The van der Waals surface area contributed by atoms with E-state index in [0.29, 0.717) is 5.56 Å². The van der Waals surface area contributed by atoms with Crippen LogP contribution in [0.25, 0.3) is 5.03 Å². The van der Waals surface area contributed by atoms with Crippen LogP contribution >= 0.6 is 11.6 Å². The third-order valence-electron chi connectivity index (χ3n) is 1.80. The standard InChI is InChI=1S/C10H11ClO3S2/c1-15(12)10(16(2,13)14)9(11)8-6-4-3-5-7-8/h3-7H,1-2H3/b10-9-. The van der Waals surface area contributed by atoms with E-state index in [0.717, 1.165) is 6.26 Å². The zero-order valence-electron chi connectivity index (χ0n) is 8.81. The molecular weight excluding hydrogens is 268 g/mol. The zero-order valence-corrected chi connectivity index (χ0v) is 11.2. The monoisotopic (exact) mass is 278 g/mol. The molecule has 0 heterocycles. The molecule has 0 bridgehead atoms. The second-order valence-electron chi connectivity index (χ2n) is 3.19. The fourth-order valence-corrected chi connectivity index (χ4v) is 4.60. The topological polar surface area (TPSA) is 51.2 Å². The summed E-state index contributed by atoms with van der Waals surface area (Å²) < 4.78 is 34.1. The highest BCUT2D eigenvalue weighted by atomic mass is 35.5. The van der Waals surface area contributed by atoms with Crippen molar-refractivity contribution in [3.8, 4) is 0 Å². The molecule has 0 N–H and O–H groups in total. The minimum atomic E-state index is -3.56. The number of halogens is 1. The molecule has 1 unspecified atom stereocenters. The molecule has 0 radical (unpaired) electrons. The van der Waals surface area contributed by atoms with Crippen molar-refractivity contribution in [2.45, 2.75) is 0 Å². The first-order chi connectivity index (χ1) is 7.34. The molecule has 0 spiro atoms. The summed E-state index contributed by atoms with van der Waals surface area (Å²) in [4.78, 5) is 0. The first kappa shape index (κ1) is 13.4. The molecule has 0 amide bonds. The summed E-state index contributed by atoms with van der Waals surface area (Å²) in [6.45, 7) is 0. The lowest BCUT2D eigenvalue weighted by Crippen LogP contribution is -2.07. The Kier molecular flexibility index (Phi) is 4.29. The summed E-state index contributed by atoms with van der Waals surface area (Å²) in [6.07, 6.45) is 2.29. The van der Waals surface area contributed by atoms with E-state index >= 15 is 0 Å². The second kappa shape index (κ2) is 5.12. The van der Waals surface area contributed by atoms with Crippen molar-refractivity contribution in [1.82, 2.24) is 0 Å². The third-order valence-corrected chi connectivity index (χ3v) is 5.65. The van der Waals surface area contributed by atoms with Crippen molar-refractivity contribution >= 4 is 37.3 Å². The van der Waals surface area contributed by atoms with Crippen LogP contribution in [0, 0.1) is 0 Å². The van der Waals surface area contributed by atoms with Gasteiger partial charge in [0.2, 0.25) is 0 Å². The van der Waals surface area contributed by atoms with Gasteiger partial charge in [0.1, 0.15) is 4.24 Å². The van der Waals surface area contributed by atoms with Crippen LogP contribution in [0.15, 0.2) is 34.6 Å². The van der Waals surface area contributed by atoms with E-state index in [2.05, 4.69) is 0 Å². The largest absolute Gasteiger partial charge is 0.254 e. The molecule has 6 heteroatoms. The van der Waals surface area contributed by atoms with Gasteiger partial charge >= 0.3 is 0 Å². The van der Waals surface area contributed by atoms with Crippen LogP contribution in [0.1, 0.15) is 5.56 Å². The molecule has 0 aliphatic carbocycles. The predicted octanol–water partition coefficient (Wildman–Crippen LogP) is 1.97. The SMILES string of the molecule is CS(=O)/C(=C(/Cl)c1ccccc1)S(C)(=O)=O. The highest BCUT2D eigenvalue weighted by Gasteiger charge is 2.21. The third kappa shape index (κ3) is 3.17. The summed E-state index contributed by atoms with van der Waals surface area (Å²) in [5, 5.41) is 0.0175. The van der Waals surface area contributed by atoms with Crippen LogP contribution in [-0.4, -0.2) is 25.1 Å². The van der Waals surface area contributed by atoms with Crippen molar-refractivity contribution in [2.24, 2.45) is 0 Å². The molecule has 0 aliphatic heterocycles. The average molecular weight is 279 g/mol. The molecule has 0 saturated carbocycles. The number of sulfone groups is 1. The second-order valence-corrected chi connectivity index (χ2v) is 7.10. The first-order valence-corrected chi connectivity index (χ1v) is 8.15. The lowest BCUT2D eigenvalue weighted by atomic mass is 10.2. The van der Waals surface area contributed by atoms with Gasteiger partial charge in [-0.2, -0.15) is 0 Å². The van der Waals surface area contributed by atoms with Crippen LogP contribution in [0.5, 0.6) is 0 Å². The van der Waals surface area contributed by atoms with Gasteiger partial charge in [-0.25, -0.2) is 8.42 Å². The van der Waals surface area contributed by atoms with Crippen molar-refractivity contribution in [2.75, 3.05) is 12.5 Å². The predicted molar refractivity (Wildman–Crippen MR) is 68.1 cm³/mol. The lowest BCUT2D eigenvalue weighted by molar-refractivity contribution is 0.609. The van der Waals surface area contributed by atoms with Gasteiger partial charge in [0, 0.05) is 12.5 Å². The maximum atomic E-state index is 11.5. The zero-order chi connectivity index (χ0) is 12.3.